The van der Waals surface area contributed by atoms with E-state index in [4.69, 9.17) is 0 Å². The van der Waals surface area contributed by atoms with Crippen molar-refractivity contribution in [2.75, 3.05) is 0 Å². The van der Waals surface area contributed by atoms with Gasteiger partial charge < -0.3 is 10.4 Å². The van der Waals surface area contributed by atoms with E-state index >= 15 is 0 Å². The molecule has 27 heavy (non-hydrogen) atoms. The van der Waals surface area contributed by atoms with Crippen LogP contribution in [-0.4, -0.2) is 11.2 Å². The third-order valence-corrected chi connectivity index (χ3v) is 6.37. The van der Waals surface area contributed by atoms with Crippen molar-refractivity contribution in [3.05, 3.63) is 104 Å². The minimum absolute atomic E-state index is 0.0130. The van der Waals surface area contributed by atoms with Crippen LogP contribution in [0, 0.1) is 0 Å². The Labute approximate surface area is 176 Å². The van der Waals surface area contributed by atoms with E-state index in [9.17, 15) is 5.11 Å². The molecule has 1 aliphatic rings. The van der Waals surface area contributed by atoms with Crippen LogP contribution in [0.5, 0.6) is 0 Å². The van der Waals surface area contributed by atoms with E-state index in [1.807, 2.05) is 18.2 Å². The van der Waals surface area contributed by atoms with E-state index in [2.05, 4.69) is 97.8 Å². The van der Waals surface area contributed by atoms with E-state index < -0.39 is 6.10 Å². The summed E-state index contributed by atoms with van der Waals surface area (Å²) in [5.74, 6) is 0.0130. The van der Waals surface area contributed by atoms with Crippen LogP contribution in [0.25, 0.3) is 0 Å². The number of aliphatic hydroxyl groups excluding tert-OH is 1. The zero-order chi connectivity index (χ0) is 18.8. The van der Waals surface area contributed by atoms with Gasteiger partial charge in [0, 0.05) is 26.9 Å². The second-order valence-electron chi connectivity index (χ2n) is 7.04. The lowest BCUT2D eigenvalue weighted by molar-refractivity contribution is 0.0681. The number of benzene rings is 3. The fourth-order valence-electron chi connectivity index (χ4n) is 3.99. The van der Waals surface area contributed by atoms with Gasteiger partial charge in [-0.3, -0.25) is 0 Å². The Balaban J connectivity index is 1.71. The summed E-state index contributed by atoms with van der Waals surface area (Å²) < 4.78 is 2.12. The molecule has 1 aliphatic heterocycles. The van der Waals surface area contributed by atoms with Crippen molar-refractivity contribution in [3.63, 3.8) is 0 Å². The Morgan fingerprint density at radius 3 is 1.85 bits per heavy atom. The molecule has 0 radical (unpaired) electrons. The lowest BCUT2D eigenvalue weighted by Crippen LogP contribution is -2.43. The van der Waals surface area contributed by atoms with Crippen molar-refractivity contribution in [3.8, 4) is 0 Å². The maximum atomic E-state index is 11.1. The van der Waals surface area contributed by atoms with Crippen molar-refractivity contribution in [2.24, 2.45) is 0 Å². The highest BCUT2D eigenvalue weighted by Gasteiger charge is 2.38. The molecule has 0 saturated carbocycles. The molecule has 4 atom stereocenters. The summed E-state index contributed by atoms with van der Waals surface area (Å²) in [6, 6.07) is 27.2. The third-order valence-electron chi connectivity index (χ3n) is 5.32. The fraction of sp³-hybridized carbons (Fsp3) is 0.217. The van der Waals surface area contributed by atoms with Crippen molar-refractivity contribution in [1.82, 2.24) is 5.32 Å². The van der Waals surface area contributed by atoms with Gasteiger partial charge in [0.05, 0.1) is 6.10 Å². The van der Waals surface area contributed by atoms with Crippen LogP contribution in [0.1, 0.15) is 41.1 Å². The molecule has 4 heteroatoms. The van der Waals surface area contributed by atoms with Crippen LogP contribution >= 0.6 is 31.9 Å². The molecule has 138 valence electrons. The van der Waals surface area contributed by atoms with E-state index in [1.54, 1.807) is 0 Å². The molecular formula is C23H21Br2NO. The second kappa shape index (κ2) is 8.27. The minimum Gasteiger partial charge on any atom is -0.392 e. The monoisotopic (exact) mass is 485 g/mol. The van der Waals surface area contributed by atoms with Crippen LogP contribution < -0.4 is 5.32 Å². The number of nitrogens with one attached hydrogen (secondary N) is 1. The van der Waals surface area contributed by atoms with Gasteiger partial charge in [-0.05, 0) is 47.4 Å². The lowest BCUT2D eigenvalue weighted by atomic mass is 9.76. The highest BCUT2D eigenvalue weighted by Crippen LogP contribution is 2.43. The summed E-state index contributed by atoms with van der Waals surface area (Å²) in [6.07, 6.45) is 0.268. The average Bonchev–Trinajstić information content (AvgIpc) is 2.69. The zero-order valence-electron chi connectivity index (χ0n) is 14.7. The highest BCUT2D eigenvalue weighted by molar-refractivity contribution is 9.10. The molecule has 3 aromatic rings. The SMILES string of the molecule is OC1CC(c2ccc(Br)cc2)NC(c2ccc(Br)cc2)C1c1ccccc1. The predicted molar refractivity (Wildman–Crippen MR) is 117 cm³/mol. The van der Waals surface area contributed by atoms with E-state index in [-0.39, 0.29) is 18.0 Å². The van der Waals surface area contributed by atoms with Gasteiger partial charge in [0.25, 0.3) is 0 Å². The van der Waals surface area contributed by atoms with Crippen LogP contribution in [0.2, 0.25) is 0 Å². The molecule has 1 saturated heterocycles. The van der Waals surface area contributed by atoms with Crippen LogP contribution in [0.4, 0.5) is 0 Å². The molecule has 4 rings (SSSR count). The maximum absolute atomic E-state index is 11.1. The molecule has 0 aliphatic carbocycles. The quantitative estimate of drug-likeness (QED) is 0.466. The third kappa shape index (κ3) is 4.19. The summed E-state index contributed by atoms with van der Waals surface area (Å²) in [6.45, 7) is 0. The minimum atomic E-state index is -0.420. The van der Waals surface area contributed by atoms with Crippen LogP contribution in [0.3, 0.4) is 0 Å². The molecule has 0 bridgehead atoms. The summed E-state index contributed by atoms with van der Waals surface area (Å²) in [4.78, 5) is 0. The normalized spacial score (nSPS) is 25.3. The molecule has 1 fully saturated rings. The molecule has 2 nitrogen and oxygen atoms in total. The molecule has 0 aromatic heterocycles. The van der Waals surface area contributed by atoms with Gasteiger partial charge in [0.1, 0.15) is 0 Å². The van der Waals surface area contributed by atoms with E-state index in [0.29, 0.717) is 6.42 Å². The zero-order valence-corrected chi connectivity index (χ0v) is 17.9. The Bertz CT molecular complexity index is 881. The Morgan fingerprint density at radius 2 is 1.26 bits per heavy atom. The number of hydrogen-bond acceptors (Lipinski definition) is 2. The number of halogens is 2. The first-order valence-corrected chi connectivity index (χ1v) is 10.7. The summed E-state index contributed by atoms with van der Waals surface area (Å²) in [7, 11) is 0. The fourth-order valence-corrected chi connectivity index (χ4v) is 4.52. The first-order chi connectivity index (χ1) is 13.1. The topological polar surface area (TPSA) is 32.3 Å². The first kappa shape index (κ1) is 18.9. The molecule has 4 unspecified atom stereocenters. The van der Waals surface area contributed by atoms with Crippen molar-refractivity contribution >= 4 is 31.9 Å². The summed E-state index contributed by atoms with van der Waals surface area (Å²) >= 11 is 7.03. The number of rotatable bonds is 3. The summed E-state index contributed by atoms with van der Waals surface area (Å²) in [5, 5.41) is 14.9. The van der Waals surface area contributed by atoms with Gasteiger partial charge in [0.2, 0.25) is 0 Å². The largest absolute Gasteiger partial charge is 0.392 e. The van der Waals surface area contributed by atoms with Gasteiger partial charge in [-0.1, -0.05) is 86.5 Å². The maximum Gasteiger partial charge on any atom is 0.0645 e. The number of aliphatic hydroxyl groups is 1. The van der Waals surface area contributed by atoms with Gasteiger partial charge in [-0.2, -0.15) is 0 Å². The van der Waals surface area contributed by atoms with Gasteiger partial charge >= 0.3 is 0 Å². The van der Waals surface area contributed by atoms with Gasteiger partial charge in [0.15, 0.2) is 0 Å². The smallest absolute Gasteiger partial charge is 0.0645 e. The van der Waals surface area contributed by atoms with Crippen LogP contribution in [0.15, 0.2) is 87.8 Å². The molecule has 2 N–H and O–H groups in total. The van der Waals surface area contributed by atoms with Crippen molar-refractivity contribution in [2.45, 2.75) is 30.5 Å². The Kier molecular flexibility index (Phi) is 5.79. The second-order valence-corrected chi connectivity index (χ2v) is 8.87. The number of hydrogen-bond donors (Lipinski definition) is 2. The highest BCUT2D eigenvalue weighted by atomic mass is 79.9. The van der Waals surface area contributed by atoms with Crippen molar-refractivity contribution in [1.29, 1.82) is 0 Å². The predicted octanol–water partition coefficient (Wildman–Crippen LogP) is 6.13. The van der Waals surface area contributed by atoms with Gasteiger partial charge in [-0.15, -0.1) is 0 Å². The van der Waals surface area contributed by atoms with E-state index in [1.165, 1.54) is 16.7 Å². The molecule has 0 spiro atoms. The lowest BCUT2D eigenvalue weighted by Gasteiger charge is -2.42. The van der Waals surface area contributed by atoms with Crippen molar-refractivity contribution < 1.29 is 5.11 Å². The standard InChI is InChI=1S/C23H21Br2NO/c24-18-10-6-15(7-11-18)20-14-21(27)22(16-4-2-1-3-5-16)23(26-20)17-8-12-19(25)13-9-17/h1-13,20-23,26-27H,14H2. The Hall–Kier alpha value is -1.46. The molecule has 0 amide bonds. The summed E-state index contributed by atoms with van der Waals surface area (Å²) in [5.41, 5.74) is 3.55. The van der Waals surface area contributed by atoms with Crippen LogP contribution in [-0.2, 0) is 0 Å². The molecule has 1 heterocycles. The molecule has 3 aromatic carbocycles. The average molecular weight is 487 g/mol. The molecular weight excluding hydrogens is 466 g/mol. The van der Waals surface area contributed by atoms with E-state index in [0.717, 1.165) is 8.95 Å². The van der Waals surface area contributed by atoms with Gasteiger partial charge in [-0.25, -0.2) is 0 Å². The Morgan fingerprint density at radius 1 is 0.704 bits per heavy atom. The number of piperidine rings is 1. The first-order valence-electron chi connectivity index (χ1n) is 9.12.